The largest absolute Gasteiger partial charge is 0.436 e. The number of nitriles is 2. The zero-order valence-corrected chi connectivity index (χ0v) is 13.3. The van der Waals surface area contributed by atoms with Gasteiger partial charge in [0.05, 0.1) is 0 Å². The quantitative estimate of drug-likeness (QED) is 0.721. The summed E-state index contributed by atoms with van der Waals surface area (Å²) in [5.74, 6) is 0.543. The fourth-order valence-corrected chi connectivity index (χ4v) is 2.42. The molecule has 0 amide bonds. The molecule has 0 atom stereocenters. The molecule has 0 saturated carbocycles. The van der Waals surface area contributed by atoms with Gasteiger partial charge in [-0.15, -0.1) is 0 Å². The van der Waals surface area contributed by atoms with Crippen molar-refractivity contribution in [2.75, 3.05) is 5.32 Å². The highest BCUT2D eigenvalue weighted by Gasteiger charge is 2.12. The molecule has 0 aliphatic carbocycles. The number of nitrogens with zero attached hydrogens (tertiary/aromatic N) is 3. The van der Waals surface area contributed by atoms with Gasteiger partial charge in [-0.05, 0) is 49.2 Å². The summed E-state index contributed by atoms with van der Waals surface area (Å²) >= 11 is 0. The van der Waals surface area contributed by atoms with Crippen molar-refractivity contribution >= 4 is 16.8 Å². The maximum Gasteiger partial charge on any atom is 0.227 e. The number of oxazole rings is 1. The Morgan fingerprint density at radius 1 is 1.17 bits per heavy atom. The Hall–Kier alpha value is -3.57. The zero-order valence-electron chi connectivity index (χ0n) is 13.3. The molecule has 1 N–H and O–H groups in total. The fourth-order valence-electron chi connectivity index (χ4n) is 2.42. The van der Waals surface area contributed by atoms with Gasteiger partial charge in [0, 0.05) is 17.5 Å². The van der Waals surface area contributed by atoms with E-state index in [1.54, 1.807) is 0 Å². The van der Waals surface area contributed by atoms with E-state index in [1.807, 2.05) is 62.4 Å². The van der Waals surface area contributed by atoms with Gasteiger partial charge in [-0.25, -0.2) is 4.98 Å². The van der Waals surface area contributed by atoms with E-state index < -0.39 is 0 Å². The molecule has 24 heavy (non-hydrogen) atoms. The fraction of sp³-hybridized carbons (Fsp3) is 0.105. The minimum absolute atomic E-state index is 0.0112. The summed E-state index contributed by atoms with van der Waals surface area (Å²) < 4.78 is 5.85. The van der Waals surface area contributed by atoms with E-state index in [-0.39, 0.29) is 5.57 Å². The maximum absolute atomic E-state index is 8.80. The Morgan fingerprint density at radius 2 is 1.96 bits per heavy atom. The van der Waals surface area contributed by atoms with Crippen LogP contribution in [-0.2, 0) is 0 Å². The Bertz CT molecular complexity index is 1020. The number of anilines is 1. The van der Waals surface area contributed by atoms with Gasteiger partial charge in [0.15, 0.2) is 5.58 Å². The van der Waals surface area contributed by atoms with E-state index in [4.69, 9.17) is 14.9 Å². The second-order valence-electron chi connectivity index (χ2n) is 5.39. The van der Waals surface area contributed by atoms with E-state index in [9.17, 15) is 0 Å². The molecule has 0 aliphatic heterocycles. The second-order valence-corrected chi connectivity index (χ2v) is 5.39. The minimum atomic E-state index is 0.0112. The highest BCUT2D eigenvalue weighted by atomic mass is 16.3. The van der Waals surface area contributed by atoms with Gasteiger partial charge in [0.2, 0.25) is 5.89 Å². The van der Waals surface area contributed by atoms with Crippen molar-refractivity contribution in [3.63, 3.8) is 0 Å². The smallest absolute Gasteiger partial charge is 0.227 e. The first-order valence-electron chi connectivity index (χ1n) is 7.36. The molecule has 2 aromatic carbocycles. The number of rotatable bonds is 3. The molecular weight excluding hydrogens is 300 g/mol. The molecule has 0 unspecified atom stereocenters. The van der Waals surface area contributed by atoms with Crippen molar-refractivity contribution in [2.24, 2.45) is 0 Å². The van der Waals surface area contributed by atoms with Crippen LogP contribution in [0.1, 0.15) is 11.1 Å². The first-order chi connectivity index (χ1) is 11.6. The van der Waals surface area contributed by atoms with Crippen LogP contribution in [0.15, 0.2) is 52.6 Å². The average Bonchev–Trinajstić information content (AvgIpc) is 2.99. The molecule has 116 valence electrons. The third-order valence-electron chi connectivity index (χ3n) is 3.72. The first kappa shape index (κ1) is 15.3. The summed E-state index contributed by atoms with van der Waals surface area (Å²) in [7, 11) is 0. The van der Waals surface area contributed by atoms with Crippen LogP contribution in [-0.4, -0.2) is 4.98 Å². The summed E-state index contributed by atoms with van der Waals surface area (Å²) in [6.45, 7) is 3.95. The van der Waals surface area contributed by atoms with Crippen LogP contribution in [0.2, 0.25) is 0 Å². The highest BCUT2D eigenvalue weighted by Crippen LogP contribution is 2.30. The molecule has 3 rings (SSSR count). The molecule has 0 aliphatic rings. The van der Waals surface area contributed by atoms with Gasteiger partial charge in [0.1, 0.15) is 23.2 Å². The van der Waals surface area contributed by atoms with Crippen LogP contribution in [0.25, 0.3) is 22.6 Å². The van der Waals surface area contributed by atoms with Crippen molar-refractivity contribution in [1.29, 1.82) is 10.5 Å². The lowest BCUT2D eigenvalue weighted by Crippen LogP contribution is -1.94. The third kappa shape index (κ3) is 2.84. The van der Waals surface area contributed by atoms with Crippen LogP contribution in [0, 0.1) is 36.5 Å². The highest BCUT2D eigenvalue weighted by molar-refractivity contribution is 5.79. The SMILES string of the molecule is Cc1ccc2oc(-c3cccc(NC=C(C#N)C#N)c3C)nc2c1. The lowest BCUT2D eigenvalue weighted by Gasteiger charge is -2.08. The number of hydrogen-bond donors (Lipinski definition) is 1. The zero-order chi connectivity index (χ0) is 17.1. The number of aromatic nitrogens is 1. The molecule has 0 bridgehead atoms. The number of aryl methyl sites for hydroxylation is 1. The number of fused-ring (bicyclic) bond motifs is 1. The lowest BCUT2D eigenvalue weighted by molar-refractivity contribution is 0.619. The number of nitrogens with one attached hydrogen (secondary N) is 1. The van der Waals surface area contributed by atoms with Crippen molar-refractivity contribution < 1.29 is 4.42 Å². The van der Waals surface area contributed by atoms with Gasteiger partial charge in [-0.2, -0.15) is 10.5 Å². The molecule has 1 heterocycles. The number of benzene rings is 2. The predicted molar refractivity (Wildman–Crippen MR) is 91.9 cm³/mol. The molecule has 5 nitrogen and oxygen atoms in total. The van der Waals surface area contributed by atoms with Crippen LogP contribution in [0.3, 0.4) is 0 Å². The molecule has 5 heteroatoms. The lowest BCUT2D eigenvalue weighted by atomic mass is 10.1. The van der Waals surface area contributed by atoms with E-state index in [2.05, 4.69) is 10.3 Å². The van der Waals surface area contributed by atoms with Crippen LogP contribution < -0.4 is 5.32 Å². The molecule has 0 spiro atoms. The van der Waals surface area contributed by atoms with Crippen LogP contribution in [0.5, 0.6) is 0 Å². The minimum Gasteiger partial charge on any atom is -0.436 e. The summed E-state index contributed by atoms with van der Waals surface area (Å²) in [5, 5.41) is 20.6. The summed E-state index contributed by atoms with van der Waals surface area (Å²) in [4.78, 5) is 4.56. The average molecular weight is 314 g/mol. The van der Waals surface area contributed by atoms with Gasteiger partial charge < -0.3 is 9.73 Å². The number of hydrogen-bond acceptors (Lipinski definition) is 5. The Labute approximate surface area is 139 Å². The molecule has 0 saturated heterocycles. The third-order valence-corrected chi connectivity index (χ3v) is 3.72. The van der Waals surface area contributed by atoms with Gasteiger partial charge in [-0.3, -0.25) is 0 Å². The van der Waals surface area contributed by atoms with E-state index >= 15 is 0 Å². The van der Waals surface area contributed by atoms with Crippen molar-refractivity contribution in [2.45, 2.75) is 13.8 Å². The molecular formula is C19H14N4O. The molecule has 0 fully saturated rings. The summed E-state index contributed by atoms with van der Waals surface area (Å²) in [6.07, 6.45) is 1.39. The Kier molecular flexibility index (Phi) is 4.01. The topological polar surface area (TPSA) is 85.6 Å². The maximum atomic E-state index is 8.80. The second kappa shape index (κ2) is 6.28. The van der Waals surface area contributed by atoms with Crippen LogP contribution in [0.4, 0.5) is 5.69 Å². The van der Waals surface area contributed by atoms with Crippen LogP contribution >= 0.6 is 0 Å². The molecule has 0 radical (unpaired) electrons. The monoisotopic (exact) mass is 314 g/mol. The van der Waals surface area contributed by atoms with E-state index in [0.717, 1.165) is 33.5 Å². The number of allylic oxidation sites excluding steroid dienone is 1. The summed E-state index contributed by atoms with van der Waals surface area (Å²) in [6, 6.07) is 15.2. The standard InChI is InChI=1S/C19H14N4O/c1-12-6-7-18-17(8-12)23-19(24-18)15-4-3-5-16(13(15)2)22-11-14(9-20)10-21/h3-8,11,22H,1-2H3. The summed E-state index contributed by atoms with van der Waals surface area (Å²) in [5.41, 5.74) is 5.26. The van der Waals surface area contributed by atoms with Crippen molar-refractivity contribution in [1.82, 2.24) is 4.98 Å². The Morgan fingerprint density at radius 3 is 2.71 bits per heavy atom. The first-order valence-corrected chi connectivity index (χ1v) is 7.36. The van der Waals surface area contributed by atoms with Gasteiger partial charge >= 0.3 is 0 Å². The van der Waals surface area contributed by atoms with Gasteiger partial charge in [-0.1, -0.05) is 12.1 Å². The Balaban J connectivity index is 2.02. The molecule has 3 aromatic rings. The van der Waals surface area contributed by atoms with Crippen molar-refractivity contribution in [3.05, 3.63) is 59.3 Å². The van der Waals surface area contributed by atoms with E-state index in [1.165, 1.54) is 6.20 Å². The molecule has 1 aromatic heterocycles. The van der Waals surface area contributed by atoms with Gasteiger partial charge in [0.25, 0.3) is 0 Å². The van der Waals surface area contributed by atoms with E-state index in [0.29, 0.717) is 5.89 Å². The van der Waals surface area contributed by atoms with Crippen molar-refractivity contribution in [3.8, 4) is 23.6 Å². The predicted octanol–water partition coefficient (Wildman–Crippen LogP) is 4.45. The normalized spacial score (nSPS) is 10.0.